The third-order valence-corrected chi connectivity index (χ3v) is 3.34. The SMILES string of the molecule is COCC(N)C(=O)Nc1ccc(-c2nccs2)cc1. The lowest BCUT2D eigenvalue weighted by atomic mass is 10.2. The van der Waals surface area contributed by atoms with Crippen LogP contribution in [0.5, 0.6) is 0 Å². The van der Waals surface area contributed by atoms with Gasteiger partial charge in [0.25, 0.3) is 0 Å². The predicted octanol–water partition coefficient (Wildman–Crippen LogP) is 1.72. The van der Waals surface area contributed by atoms with Crippen molar-refractivity contribution in [2.75, 3.05) is 19.0 Å². The van der Waals surface area contributed by atoms with Crippen LogP contribution in [-0.4, -0.2) is 30.6 Å². The zero-order valence-electron chi connectivity index (χ0n) is 10.5. The van der Waals surface area contributed by atoms with Gasteiger partial charge in [0.2, 0.25) is 5.91 Å². The molecule has 1 atom stereocenters. The lowest BCUT2D eigenvalue weighted by molar-refractivity contribution is -0.118. The topological polar surface area (TPSA) is 77.2 Å². The van der Waals surface area contributed by atoms with E-state index in [1.165, 1.54) is 7.11 Å². The highest BCUT2D eigenvalue weighted by atomic mass is 32.1. The summed E-state index contributed by atoms with van der Waals surface area (Å²) in [6.07, 6.45) is 1.76. The van der Waals surface area contributed by atoms with E-state index < -0.39 is 6.04 Å². The van der Waals surface area contributed by atoms with Gasteiger partial charge in [-0.05, 0) is 24.3 Å². The fourth-order valence-electron chi connectivity index (χ4n) is 1.55. The minimum atomic E-state index is -0.663. The van der Waals surface area contributed by atoms with Crippen molar-refractivity contribution in [2.45, 2.75) is 6.04 Å². The van der Waals surface area contributed by atoms with E-state index in [0.717, 1.165) is 10.6 Å². The number of carbonyl (C=O) groups is 1. The number of anilines is 1. The van der Waals surface area contributed by atoms with Crippen LogP contribution in [0.3, 0.4) is 0 Å². The number of ether oxygens (including phenoxy) is 1. The zero-order valence-corrected chi connectivity index (χ0v) is 11.3. The molecule has 0 bridgehead atoms. The number of rotatable bonds is 5. The van der Waals surface area contributed by atoms with Crippen LogP contribution < -0.4 is 11.1 Å². The van der Waals surface area contributed by atoms with Gasteiger partial charge in [0.05, 0.1) is 6.61 Å². The second kappa shape index (κ2) is 6.42. The first-order chi connectivity index (χ1) is 9.20. The van der Waals surface area contributed by atoms with E-state index in [2.05, 4.69) is 10.3 Å². The maximum Gasteiger partial charge on any atom is 0.243 e. The van der Waals surface area contributed by atoms with Crippen molar-refractivity contribution in [3.05, 3.63) is 35.8 Å². The molecule has 1 amide bonds. The number of nitrogens with one attached hydrogen (secondary N) is 1. The second-order valence-corrected chi connectivity index (χ2v) is 4.86. The van der Waals surface area contributed by atoms with Crippen LogP contribution in [0, 0.1) is 0 Å². The molecule has 1 aromatic carbocycles. The molecule has 1 heterocycles. The molecular weight excluding hydrogens is 262 g/mol. The minimum Gasteiger partial charge on any atom is -0.383 e. The smallest absolute Gasteiger partial charge is 0.243 e. The number of nitrogens with two attached hydrogens (primary N) is 1. The summed E-state index contributed by atoms with van der Waals surface area (Å²) >= 11 is 1.57. The minimum absolute atomic E-state index is 0.197. The molecule has 2 aromatic rings. The summed E-state index contributed by atoms with van der Waals surface area (Å²) < 4.78 is 4.84. The van der Waals surface area contributed by atoms with Crippen molar-refractivity contribution in [2.24, 2.45) is 5.73 Å². The summed E-state index contributed by atoms with van der Waals surface area (Å²) in [5, 5.41) is 5.62. The highest BCUT2D eigenvalue weighted by Gasteiger charge is 2.13. The van der Waals surface area contributed by atoms with Gasteiger partial charge in [-0.15, -0.1) is 11.3 Å². The van der Waals surface area contributed by atoms with Crippen molar-refractivity contribution >= 4 is 22.9 Å². The summed E-state index contributed by atoms with van der Waals surface area (Å²) in [5.41, 5.74) is 7.37. The van der Waals surface area contributed by atoms with Crippen molar-refractivity contribution in [3.8, 4) is 10.6 Å². The van der Waals surface area contributed by atoms with Crippen molar-refractivity contribution < 1.29 is 9.53 Å². The highest BCUT2D eigenvalue weighted by molar-refractivity contribution is 7.13. The van der Waals surface area contributed by atoms with Crippen LogP contribution in [0.15, 0.2) is 35.8 Å². The summed E-state index contributed by atoms with van der Waals surface area (Å²) in [5.74, 6) is -0.260. The Morgan fingerprint density at radius 3 is 2.79 bits per heavy atom. The molecule has 6 heteroatoms. The summed E-state index contributed by atoms with van der Waals surface area (Å²) in [6.45, 7) is 0.197. The molecule has 0 spiro atoms. The van der Waals surface area contributed by atoms with Crippen LogP contribution in [0.4, 0.5) is 5.69 Å². The molecule has 1 aromatic heterocycles. The average Bonchev–Trinajstić information content (AvgIpc) is 2.94. The van der Waals surface area contributed by atoms with Gasteiger partial charge in [-0.3, -0.25) is 4.79 Å². The average molecular weight is 277 g/mol. The molecule has 0 saturated carbocycles. The Labute approximate surface area is 115 Å². The number of nitrogens with zero attached hydrogens (tertiary/aromatic N) is 1. The molecule has 100 valence electrons. The van der Waals surface area contributed by atoms with E-state index in [4.69, 9.17) is 10.5 Å². The van der Waals surface area contributed by atoms with Gasteiger partial charge in [0, 0.05) is 29.9 Å². The summed E-state index contributed by atoms with van der Waals surface area (Å²) in [6, 6.07) is 6.82. The van der Waals surface area contributed by atoms with E-state index in [0.29, 0.717) is 5.69 Å². The zero-order chi connectivity index (χ0) is 13.7. The van der Waals surface area contributed by atoms with E-state index in [1.807, 2.05) is 29.6 Å². The van der Waals surface area contributed by atoms with Crippen LogP contribution in [-0.2, 0) is 9.53 Å². The molecule has 0 aliphatic rings. The van der Waals surface area contributed by atoms with Crippen molar-refractivity contribution in [1.82, 2.24) is 4.98 Å². The van der Waals surface area contributed by atoms with E-state index in [9.17, 15) is 4.79 Å². The van der Waals surface area contributed by atoms with Gasteiger partial charge in [-0.1, -0.05) is 0 Å². The number of carbonyl (C=O) groups excluding carboxylic acids is 1. The molecule has 1 unspecified atom stereocenters. The number of methoxy groups -OCH3 is 1. The Bertz CT molecular complexity index is 525. The monoisotopic (exact) mass is 277 g/mol. The molecule has 5 nitrogen and oxygen atoms in total. The third kappa shape index (κ3) is 3.60. The van der Waals surface area contributed by atoms with E-state index in [-0.39, 0.29) is 12.5 Å². The first kappa shape index (κ1) is 13.7. The molecule has 2 rings (SSSR count). The number of benzene rings is 1. The highest BCUT2D eigenvalue weighted by Crippen LogP contribution is 2.23. The molecule has 19 heavy (non-hydrogen) atoms. The third-order valence-electron chi connectivity index (χ3n) is 2.51. The number of thiazole rings is 1. The maximum absolute atomic E-state index is 11.7. The molecule has 0 aliphatic heterocycles. The molecule has 0 radical (unpaired) electrons. The fraction of sp³-hybridized carbons (Fsp3) is 0.231. The lowest BCUT2D eigenvalue weighted by Gasteiger charge is -2.11. The first-order valence-electron chi connectivity index (χ1n) is 5.76. The molecule has 0 aliphatic carbocycles. The Morgan fingerprint density at radius 1 is 1.47 bits per heavy atom. The van der Waals surface area contributed by atoms with Gasteiger partial charge in [-0.25, -0.2) is 4.98 Å². The Morgan fingerprint density at radius 2 is 2.21 bits per heavy atom. The number of hydrogen-bond donors (Lipinski definition) is 2. The van der Waals surface area contributed by atoms with Crippen LogP contribution >= 0.6 is 11.3 Å². The lowest BCUT2D eigenvalue weighted by Crippen LogP contribution is -2.39. The van der Waals surface area contributed by atoms with E-state index in [1.54, 1.807) is 17.5 Å². The molecule has 0 fully saturated rings. The van der Waals surface area contributed by atoms with Gasteiger partial charge in [0.1, 0.15) is 11.0 Å². The van der Waals surface area contributed by atoms with Crippen LogP contribution in [0.1, 0.15) is 0 Å². The standard InChI is InChI=1S/C13H15N3O2S/c1-18-8-11(14)12(17)16-10-4-2-9(3-5-10)13-15-6-7-19-13/h2-7,11H,8,14H2,1H3,(H,16,17). The Balaban J connectivity index is 2.01. The summed E-state index contributed by atoms with van der Waals surface area (Å²) in [4.78, 5) is 15.9. The van der Waals surface area contributed by atoms with Crippen molar-refractivity contribution in [3.63, 3.8) is 0 Å². The van der Waals surface area contributed by atoms with Crippen molar-refractivity contribution in [1.29, 1.82) is 0 Å². The maximum atomic E-state index is 11.7. The fourth-order valence-corrected chi connectivity index (χ4v) is 2.20. The summed E-state index contributed by atoms with van der Waals surface area (Å²) in [7, 11) is 1.51. The van der Waals surface area contributed by atoms with Crippen LogP contribution in [0.25, 0.3) is 10.6 Å². The van der Waals surface area contributed by atoms with Gasteiger partial charge in [0.15, 0.2) is 0 Å². The first-order valence-corrected chi connectivity index (χ1v) is 6.64. The van der Waals surface area contributed by atoms with E-state index >= 15 is 0 Å². The Kier molecular flexibility index (Phi) is 4.62. The van der Waals surface area contributed by atoms with Gasteiger partial charge < -0.3 is 15.8 Å². The van der Waals surface area contributed by atoms with Gasteiger partial charge in [-0.2, -0.15) is 0 Å². The Hall–Kier alpha value is -1.76. The molecule has 0 saturated heterocycles. The number of hydrogen-bond acceptors (Lipinski definition) is 5. The van der Waals surface area contributed by atoms with Crippen LogP contribution in [0.2, 0.25) is 0 Å². The molecule has 3 N–H and O–H groups in total. The quantitative estimate of drug-likeness (QED) is 0.872. The van der Waals surface area contributed by atoms with Gasteiger partial charge >= 0.3 is 0 Å². The largest absolute Gasteiger partial charge is 0.383 e. The number of amides is 1. The second-order valence-electron chi connectivity index (χ2n) is 3.97. The normalized spacial score (nSPS) is 12.1. The molecular formula is C13H15N3O2S. The number of aromatic nitrogens is 1. The predicted molar refractivity (Wildman–Crippen MR) is 76.0 cm³/mol.